The second kappa shape index (κ2) is 11.3. The highest BCUT2D eigenvalue weighted by atomic mass is 32.1. The molecule has 2 aromatic carbocycles. The summed E-state index contributed by atoms with van der Waals surface area (Å²) < 4.78 is 5.40. The van der Waals surface area contributed by atoms with Gasteiger partial charge >= 0.3 is 0 Å². The van der Waals surface area contributed by atoms with E-state index in [2.05, 4.69) is 5.32 Å². The molecule has 5 nitrogen and oxygen atoms in total. The van der Waals surface area contributed by atoms with Gasteiger partial charge in [-0.25, -0.2) is 0 Å². The van der Waals surface area contributed by atoms with E-state index < -0.39 is 6.04 Å². The first-order valence-electron chi connectivity index (χ1n) is 11.8. The highest BCUT2D eigenvalue weighted by molar-refractivity contribution is 7.10. The van der Waals surface area contributed by atoms with E-state index in [4.69, 9.17) is 4.74 Å². The van der Waals surface area contributed by atoms with Crippen molar-refractivity contribution in [1.82, 2.24) is 10.2 Å². The van der Waals surface area contributed by atoms with Crippen LogP contribution in [0.3, 0.4) is 0 Å². The second-order valence-corrected chi connectivity index (χ2v) is 9.96. The topological polar surface area (TPSA) is 58.6 Å². The van der Waals surface area contributed by atoms with E-state index in [1.807, 2.05) is 73.0 Å². The van der Waals surface area contributed by atoms with E-state index in [1.165, 1.54) is 0 Å². The minimum absolute atomic E-state index is 0.0718. The molecule has 1 aliphatic carbocycles. The number of hydrogen-bond donors (Lipinski definition) is 1. The van der Waals surface area contributed by atoms with Crippen molar-refractivity contribution >= 4 is 23.2 Å². The molecule has 1 atom stereocenters. The molecule has 0 saturated heterocycles. The molecule has 0 unspecified atom stereocenters. The molecule has 1 aromatic heterocycles. The zero-order valence-electron chi connectivity index (χ0n) is 19.8. The SMILES string of the molecule is COc1cccc(CN(C(=O)Cc2cccs2)[C@H](C(=O)NC2CCCC2)c2ccc(C)cc2)c1. The van der Waals surface area contributed by atoms with Crippen molar-refractivity contribution in [2.24, 2.45) is 0 Å². The molecule has 0 aliphatic heterocycles. The van der Waals surface area contributed by atoms with E-state index in [1.54, 1.807) is 23.3 Å². The number of benzene rings is 2. The van der Waals surface area contributed by atoms with Crippen LogP contribution in [-0.4, -0.2) is 29.9 Å². The molecular formula is C28H32N2O3S. The average molecular weight is 477 g/mol. The van der Waals surface area contributed by atoms with Crippen molar-refractivity contribution in [2.45, 2.75) is 57.7 Å². The maximum atomic E-state index is 13.7. The lowest BCUT2D eigenvalue weighted by atomic mass is 10.0. The zero-order valence-corrected chi connectivity index (χ0v) is 20.6. The first kappa shape index (κ1) is 24.0. The van der Waals surface area contributed by atoms with E-state index in [0.717, 1.165) is 53.0 Å². The van der Waals surface area contributed by atoms with Gasteiger partial charge < -0.3 is 15.0 Å². The van der Waals surface area contributed by atoms with Gasteiger partial charge in [-0.1, -0.05) is 60.9 Å². The minimum atomic E-state index is -0.708. The third kappa shape index (κ3) is 6.06. The molecule has 1 heterocycles. The van der Waals surface area contributed by atoms with Crippen molar-refractivity contribution < 1.29 is 14.3 Å². The Kier molecular flexibility index (Phi) is 8.01. The highest BCUT2D eigenvalue weighted by Gasteiger charge is 2.33. The molecule has 0 bridgehead atoms. The Labute approximate surface area is 205 Å². The normalized spacial score (nSPS) is 14.5. The number of ether oxygens (including phenoxy) is 1. The maximum Gasteiger partial charge on any atom is 0.247 e. The quantitative estimate of drug-likeness (QED) is 0.448. The summed E-state index contributed by atoms with van der Waals surface area (Å²) in [5.74, 6) is 0.543. The lowest BCUT2D eigenvalue weighted by molar-refractivity contribution is -0.141. The number of hydrogen-bond acceptors (Lipinski definition) is 4. The van der Waals surface area contributed by atoms with Gasteiger partial charge in [0.2, 0.25) is 11.8 Å². The van der Waals surface area contributed by atoms with E-state index >= 15 is 0 Å². The van der Waals surface area contributed by atoms with Gasteiger partial charge in [-0.2, -0.15) is 0 Å². The van der Waals surface area contributed by atoms with Gasteiger partial charge in [-0.05, 0) is 54.5 Å². The van der Waals surface area contributed by atoms with Gasteiger partial charge in [0, 0.05) is 17.5 Å². The summed E-state index contributed by atoms with van der Waals surface area (Å²) in [5.41, 5.74) is 2.86. The van der Waals surface area contributed by atoms with Crippen LogP contribution in [-0.2, 0) is 22.6 Å². The molecule has 34 heavy (non-hydrogen) atoms. The number of thiophene rings is 1. The molecule has 3 aromatic rings. The molecule has 1 saturated carbocycles. The van der Waals surface area contributed by atoms with Crippen molar-refractivity contribution in [2.75, 3.05) is 7.11 Å². The molecular weight excluding hydrogens is 444 g/mol. The van der Waals surface area contributed by atoms with Crippen molar-refractivity contribution in [3.05, 3.63) is 87.6 Å². The fourth-order valence-electron chi connectivity index (χ4n) is 4.53. The van der Waals surface area contributed by atoms with Gasteiger partial charge in [0.25, 0.3) is 0 Å². The first-order chi connectivity index (χ1) is 16.5. The van der Waals surface area contributed by atoms with E-state index in [-0.39, 0.29) is 24.3 Å². The lowest BCUT2D eigenvalue weighted by Gasteiger charge is -2.32. The third-order valence-corrected chi connectivity index (χ3v) is 7.24. The summed E-state index contributed by atoms with van der Waals surface area (Å²) in [7, 11) is 1.63. The third-order valence-electron chi connectivity index (χ3n) is 6.37. The van der Waals surface area contributed by atoms with Gasteiger partial charge in [0.05, 0.1) is 13.5 Å². The Morgan fingerprint density at radius 2 is 1.85 bits per heavy atom. The van der Waals surface area contributed by atoms with Crippen LogP contribution in [0.2, 0.25) is 0 Å². The molecule has 0 spiro atoms. The molecule has 1 N–H and O–H groups in total. The summed E-state index contributed by atoms with van der Waals surface area (Å²) in [6, 6.07) is 19.0. The first-order valence-corrected chi connectivity index (χ1v) is 12.7. The van der Waals surface area contributed by atoms with Gasteiger partial charge in [0.1, 0.15) is 11.8 Å². The van der Waals surface area contributed by atoms with Crippen molar-refractivity contribution in [1.29, 1.82) is 0 Å². The zero-order chi connectivity index (χ0) is 23.9. The molecule has 1 fully saturated rings. The van der Waals surface area contributed by atoms with Crippen LogP contribution in [0.15, 0.2) is 66.0 Å². The van der Waals surface area contributed by atoms with Gasteiger partial charge in [-0.3, -0.25) is 9.59 Å². The predicted octanol–water partition coefficient (Wildman–Crippen LogP) is 5.44. The predicted molar refractivity (Wildman–Crippen MR) is 136 cm³/mol. The monoisotopic (exact) mass is 476 g/mol. The van der Waals surface area contributed by atoms with Crippen molar-refractivity contribution in [3.63, 3.8) is 0 Å². The van der Waals surface area contributed by atoms with Crippen LogP contribution < -0.4 is 10.1 Å². The Morgan fingerprint density at radius 1 is 1.09 bits per heavy atom. The Balaban J connectivity index is 1.70. The Morgan fingerprint density at radius 3 is 2.53 bits per heavy atom. The highest BCUT2D eigenvalue weighted by Crippen LogP contribution is 2.28. The van der Waals surface area contributed by atoms with Gasteiger partial charge in [0.15, 0.2) is 0 Å². The molecule has 1 aliphatic rings. The molecule has 6 heteroatoms. The minimum Gasteiger partial charge on any atom is -0.497 e. The number of aryl methyl sites for hydroxylation is 1. The van der Waals surface area contributed by atoms with Crippen molar-refractivity contribution in [3.8, 4) is 5.75 Å². The van der Waals surface area contributed by atoms with Crippen LogP contribution in [0.5, 0.6) is 5.75 Å². The van der Waals surface area contributed by atoms with Gasteiger partial charge in [-0.15, -0.1) is 11.3 Å². The summed E-state index contributed by atoms with van der Waals surface area (Å²) in [4.78, 5) is 30.1. The Bertz CT molecular complexity index is 1090. The standard InChI is InChI=1S/C28H32N2O3S/c1-20-12-14-22(15-13-20)27(28(32)29-23-8-3-4-9-23)30(26(31)18-25-11-6-16-34-25)19-21-7-5-10-24(17-21)33-2/h5-7,10-17,23,27H,3-4,8-9,18-19H2,1-2H3,(H,29,32)/t27-/m0/s1. The smallest absolute Gasteiger partial charge is 0.247 e. The van der Waals surface area contributed by atoms with Crippen LogP contribution in [0, 0.1) is 6.92 Å². The van der Waals surface area contributed by atoms with E-state index in [0.29, 0.717) is 6.54 Å². The molecule has 0 radical (unpaired) electrons. The maximum absolute atomic E-state index is 13.7. The fraction of sp³-hybridized carbons (Fsp3) is 0.357. The fourth-order valence-corrected chi connectivity index (χ4v) is 5.22. The average Bonchev–Trinajstić information content (AvgIpc) is 3.54. The number of amides is 2. The number of rotatable bonds is 9. The van der Waals surface area contributed by atoms with Crippen LogP contribution >= 0.6 is 11.3 Å². The number of nitrogens with zero attached hydrogens (tertiary/aromatic N) is 1. The Hall–Kier alpha value is -3.12. The number of nitrogens with one attached hydrogen (secondary N) is 1. The van der Waals surface area contributed by atoms with Crippen LogP contribution in [0.4, 0.5) is 0 Å². The summed E-state index contributed by atoms with van der Waals surface area (Å²) >= 11 is 1.56. The molecule has 2 amide bonds. The van der Waals surface area contributed by atoms with E-state index in [9.17, 15) is 9.59 Å². The number of carbonyl (C=O) groups excluding carboxylic acids is 2. The summed E-state index contributed by atoms with van der Waals surface area (Å²) in [5, 5.41) is 5.21. The number of methoxy groups -OCH3 is 1. The van der Waals surface area contributed by atoms with Crippen LogP contribution in [0.1, 0.15) is 53.3 Å². The molecule has 178 valence electrons. The molecule has 4 rings (SSSR count). The summed E-state index contributed by atoms with van der Waals surface area (Å²) in [6.45, 7) is 2.34. The number of carbonyl (C=O) groups is 2. The lowest BCUT2D eigenvalue weighted by Crippen LogP contribution is -2.46. The van der Waals surface area contributed by atoms with Crippen LogP contribution in [0.25, 0.3) is 0 Å². The largest absolute Gasteiger partial charge is 0.497 e. The summed E-state index contributed by atoms with van der Waals surface area (Å²) in [6.07, 6.45) is 4.51. The second-order valence-electron chi connectivity index (χ2n) is 8.93.